The summed E-state index contributed by atoms with van der Waals surface area (Å²) < 4.78 is 0. The molecule has 94 valence electrons. The topological polar surface area (TPSA) is 44.9 Å². The Balaban J connectivity index is 2.04. The third kappa shape index (κ3) is 2.06. The fourth-order valence-electron chi connectivity index (χ4n) is 2.72. The van der Waals surface area contributed by atoms with Gasteiger partial charge in [0.2, 0.25) is 0 Å². The Morgan fingerprint density at radius 2 is 2.17 bits per heavy atom. The van der Waals surface area contributed by atoms with Crippen LogP contribution in [0.15, 0.2) is 29.1 Å². The molecule has 1 saturated heterocycles. The van der Waals surface area contributed by atoms with Gasteiger partial charge in [0.15, 0.2) is 0 Å². The van der Waals surface area contributed by atoms with Crippen LogP contribution in [-0.4, -0.2) is 18.1 Å². The molecule has 2 heterocycles. The van der Waals surface area contributed by atoms with E-state index in [1.54, 1.807) is 0 Å². The minimum atomic E-state index is 0.00887. The van der Waals surface area contributed by atoms with E-state index in [0.717, 1.165) is 29.6 Å². The van der Waals surface area contributed by atoms with Gasteiger partial charge in [-0.15, -0.1) is 0 Å². The predicted octanol–water partition coefficient (Wildman–Crippen LogP) is 2.30. The highest BCUT2D eigenvalue weighted by molar-refractivity contribution is 5.79. The maximum absolute atomic E-state index is 11.6. The van der Waals surface area contributed by atoms with E-state index in [0.29, 0.717) is 5.92 Å². The third-order valence-electron chi connectivity index (χ3n) is 3.82. The van der Waals surface area contributed by atoms with Gasteiger partial charge in [0.1, 0.15) is 0 Å². The highest BCUT2D eigenvalue weighted by Gasteiger charge is 2.15. The largest absolute Gasteiger partial charge is 0.322 e. The molecule has 1 unspecified atom stereocenters. The molecule has 1 aromatic carbocycles. The van der Waals surface area contributed by atoms with Crippen LogP contribution in [-0.2, 0) is 0 Å². The summed E-state index contributed by atoms with van der Waals surface area (Å²) >= 11 is 0. The summed E-state index contributed by atoms with van der Waals surface area (Å²) in [5, 5.41) is 4.58. The fourth-order valence-corrected chi connectivity index (χ4v) is 2.72. The third-order valence-corrected chi connectivity index (χ3v) is 3.82. The molecule has 0 saturated carbocycles. The number of nitrogens with one attached hydrogen (secondary N) is 2. The quantitative estimate of drug-likeness (QED) is 0.806. The zero-order valence-corrected chi connectivity index (χ0v) is 10.6. The van der Waals surface area contributed by atoms with Crippen LogP contribution < -0.4 is 10.9 Å². The second kappa shape index (κ2) is 4.58. The molecule has 0 radical (unpaired) electrons. The van der Waals surface area contributed by atoms with Gasteiger partial charge in [0, 0.05) is 17.6 Å². The molecular formula is C15H18N2O. The van der Waals surface area contributed by atoms with Crippen LogP contribution in [0.5, 0.6) is 0 Å². The van der Waals surface area contributed by atoms with E-state index in [9.17, 15) is 4.79 Å². The first-order chi connectivity index (χ1) is 8.74. The molecule has 2 N–H and O–H groups in total. The Labute approximate surface area is 106 Å². The second-order valence-corrected chi connectivity index (χ2v) is 5.17. The van der Waals surface area contributed by atoms with Crippen LogP contribution in [0.4, 0.5) is 0 Å². The molecule has 18 heavy (non-hydrogen) atoms. The van der Waals surface area contributed by atoms with E-state index in [-0.39, 0.29) is 5.56 Å². The number of aromatic amines is 1. The average Bonchev–Trinajstić information content (AvgIpc) is 2.41. The Morgan fingerprint density at radius 1 is 1.28 bits per heavy atom. The Morgan fingerprint density at radius 3 is 2.94 bits per heavy atom. The number of pyridine rings is 1. The van der Waals surface area contributed by atoms with E-state index in [1.807, 2.05) is 19.1 Å². The first kappa shape index (κ1) is 11.5. The normalized spacial score (nSPS) is 20.2. The van der Waals surface area contributed by atoms with Crippen molar-refractivity contribution in [3.8, 4) is 0 Å². The molecule has 2 aromatic rings. The van der Waals surface area contributed by atoms with Crippen molar-refractivity contribution in [2.45, 2.75) is 25.7 Å². The molecule has 3 nitrogen and oxygen atoms in total. The predicted molar refractivity (Wildman–Crippen MR) is 74.2 cm³/mol. The van der Waals surface area contributed by atoms with Gasteiger partial charge >= 0.3 is 0 Å². The van der Waals surface area contributed by atoms with E-state index in [2.05, 4.69) is 22.4 Å². The van der Waals surface area contributed by atoms with Crippen molar-refractivity contribution >= 4 is 10.9 Å². The Kier molecular flexibility index (Phi) is 2.92. The van der Waals surface area contributed by atoms with Crippen LogP contribution in [0.2, 0.25) is 0 Å². The molecular weight excluding hydrogens is 224 g/mol. The number of aromatic nitrogens is 1. The molecule has 0 amide bonds. The van der Waals surface area contributed by atoms with Gasteiger partial charge in [-0.2, -0.15) is 0 Å². The number of hydrogen-bond acceptors (Lipinski definition) is 2. The SMILES string of the molecule is Cc1cc2cc(C3CCCNC3)ccc2[nH]c1=O. The van der Waals surface area contributed by atoms with Gasteiger partial charge in [-0.3, -0.25) is 4.79 Å². The van der Waals surface area contributed by atoms with Crippen molar-refractivity contribution in [3.05, 3.63) is 45.7 Å². The van der Waals surface area contributed by atoms with Gasteiger partial charge in [0.05, 0.1) is 0 Å². The molecule has 3 heteroatoms. The minimum absolute atomic E-state index is 0.00887. The highest BCUT2D eigenvalue weighted by Crippen LogP contribution is 2.25. The van der Waals surface area contributed by atoms with Gasteiger partial charge in [-0.25, -0.2) is 0 Å². The van der Waals surface area contributed by atoms with Crippen molar-refractivity contribution in [2.24, 2.45) is 0 Å². The lowest BCUT2D eigenvalue weighted by molar-refractivity contribution is 0.462. The summed E-state index contributed by atoms with van der Waals surface area (Å²) in [6, 6.07) is 8.37. The molecule has 3 rings (SSSR count). The number of H-pyrrole nitrogens is 1. The zero-order chi connectivity index (χ0) is 12.5. The van der Waals surface area contributed by atoms with E-state index in [1.165, 1.54) is 18.4 Å². The maximum Gasteiger partial charge on any atom is 0.251 e. The van der Waals surface area contributed by atoms with Gasteiger partial charge < -0.3 is 10.3 Å². The number of rotatable bonds is 1. The van der Waals surface area contributed by atoms with Gasteiger partial charge in [-0.1, -0.05) is 6.07 Å². The molecule has 1 aromatic heterocycles. The zero-order valence-electron chi connectivity index (χ0n) is 10.6. The van der Waals surface area contributed by atoms with Crippen molar-refractivity contribution in [2.75, 3.05) is 13.1 Å². The van der Waals surface area contributed by atoms with E-state index < -0.39 is 0 Å². The van der Waals surface area contributed by atoms with Crippen molar-refractivity contribution in [1.82, 2.24) is 10.3 Å². The number of piperidine rings is 1. The average molecular weight is 242 g/mol. The second-order valence-electron chi connectivity index (χ2n) is 5.17. The molecule has 1 fully saturated rings. The van der Waals surface area contributed by atoms with Gasteiger partial charge in [-0.05, 0) is 61.4 Å². The standard InChI is InChI=1S/C15H18N2O/c1-10-7-13-8-11(12-3-2-6-16-9-12)4-5-14(13)17-15(10)18/h4-5,7-8,12,16H,2-3,6,9H2,1H3,(H,17,18). The maximum atomic E-state index is 11.6. The molecule has 1 aliphatic rings. The number of aryl methyl sites for hydroxylation is 1. The van der Waals surface area contributed by atoms with E-state index in [4.69, 9.17) is 0 Å². The first-order valence-electron chi connectivity index (χ1n) is 6.58. The van der Waals surface area contributed by atoms with Crippen molar-refractivity contribution in [3.63, 3.8) is 0 Å². The van der Waals surface area contributed by atoms with Crippen molar-refractivity contribution < 1.29 is 0 Å². The Hall–Kier alpha value is -1.61. The summed E-state index contributed by atoms with van der Waals surface area (Å²) in [5.74, 6) is 0.607. The van der Waals surface area contributed by atoms with Crippen LogP contribution in [0.25, 0.3) is 10.9 Å². The Bertz CT molecular complexity index is 624. The molecule has 0 aliphatic carbocycles. The molecule has 0 bridgehead atoms. The van der Waals surface area contributed by atoms with Crippen LogP contribution in [0.3, 0.4) is 0 Å². The highest BCUT2D eigenvalue weighted by atomic mass is 16.1. The van der Waals surface area contributed by atoms with Crippen LogP contribution in [0.1, 0.15) is 29.9 Å². The first-order valence-corrected chi connectivity index (χ1v) is 6.58. The van der Waals surface area contributed by atoms with E-state index >= 15 is 0 Å². The lowest BCUT2D eigenvalue weighted by atomic mass is 9.91. The van der Waals surface area contributed by atoms with Gasteiger partial charge in [0.25, 0.3) is 5.56 Å². The smallest absolute Gasteiger partial charge is 0.251 e. The van der Waals surface area contributed by atoms with Crippen LogP contribution in [0, 0.1) is 6.92 Å². The lowest BCUT2D eigenvalue weighted by Gasteiger charge is -2.23. The van der Waals surface area contributed by atoms with Crippen molar-refractivity contribution in [1.29, 1.82) is 0 Å². The summed E-state index contributed by atoms with van der Waals surface area (Å²) in [6.07, 6.45) is 2.49. The molecule has 1 atom stereocenters. The van der Waals surface area contributed by atoms with Crippen LogP contribution >= 0.6 is 0 Å². The molecule has 1 aliphatic heterocycles. The number of benzene rings is 1. The fraction of sp³-hybridized carbons (Fsp3) is 0.400. The summed E-state index contributed by atoms with van der Waals surface area (Å²) in [6.45, 7) is 4.05. The number of hydrogen-bond donors (Lipinski definition) is 2. The minimum Gasteiger partial charge on any atom is -0.322 e. The molecule has 0 spiro atoms. The summed E-state index contributed by atoms with van der Waals surface area (Å²) in [5.41, 5.74) is 3.09. The summed E-state index contributed by atoms with van der Waals surface area (Å²) in [4.78, 5) is 14.5. The lowest BCUT2D eigenvalue weighted by Crippen LogP contribution is -2.28. The summed E-state index contributed by atoms with van der Waals surface area (Å²) in [7, 11) is 0. The monoisotopic (exact) mass is 242 g/mol. The number of fused-ring (bicyclic) bond motifs is 1.